The Morgan fingerprint density at radius 1 is 1.12 bits per heavy atom. The van der Waals surface area contributed by atoms with Gasteiger partial charge in [-0.2, -0.15) is 0 Å². The fourth-order valence-electron chi connectivity index (χ4n) is 2.87. The average molecular weight is 371 g/mol. The zero-order chi connectivity index (χ0) is 17.1. The molecule has 0 radical (unpaired) electrons. The first-order chi connectivity index (χ1) is 12.3. The number of carbonyl (C=O) groups is 1. The Bertz CT molecular complexity index is 845. The minimum Gasteiger partial charge on any atom is -0.355 e. The van der Waals surface area contributed by atoms with E-state index >= 15 is 0 Å². The molecule has 128 valence electrons. The molecule has 0 bridgehead atoms. The molecule has 1 amide bonds. The molecule has 1 atom stereocenters. The Morgan fingerprint density at radius 3 is 2.80 bits per heavy atom. The molecule has 3 aromatic rings. The van der Waals surface area contributed by atoms with Crippen LogP contribution >= 0.6 is 23.1 Å². The third kappa shape index (κ3) is 3.48. The number of hydrogen-bond acceptors (Lipinski definition) is 5. The van der Waals surface area contributed by atoms with Crippen LogP contribution < -0.4 is 5.32 Å². The van der Waals surface area contributed by atoms with Crippen molar-refractivity contribution in [3.05, 3.63) is 47.8 Å². The highest BCUT2D eigenvalue weighted by Gasteiger charge is 2.26. The van der Waals surface area contributed by atoms with Gasteiger partial charge in [-0.1, -0.05) is 42.4 Å². The van der Waals surface area contributed by atoms with Crippen molar-refractivity contribution in [1.29, 1.82) is 0 Å². The summed E-state index contributed by atoms with van der Waals surface area (Å²) >= 11 is 3.14. The molecule has 5 nitrogen and oxygen atoms in total. The van der Waals surface area contributed by atoms with Crippen LogP contribution in [0.5, 0.6) is 0 Å². The summed E-state index contributed by atoms with van der Waals surface area (Å²) in [5.74, 6) is 0.917. The van der Waals surface area contributed by atoms with Crippen molar-refractivity contribution in [3.63, 3.8) is 0 Å². The molecule has 4 rings (SSSR count). The summed E-state index contributed by atoms with van der Waals surface area (Å²) < 4.78 is 2.05. The second kappa shape index (κ2) is 7.41. The number of nitrogens with zero attached hydrogens (tertiary/aromatic N) is 3. The van der Waals surface area contributed by atoms with E-state index in [1.807, 2.05) is 47.8 Å². The SMILES string of the molecule is O=C1NCCCCC1Sc1nnc(-c2cccs2)n1-c1ccccc1. The van der Waals surface area contributed by atoms with Crippen molar-refractivity contribution in [2.45, 2.75) is 29.7 Å². The predicted octanol–water partition coefficient (Wildman–Crippen LogP) is 3.76. The Morgan fingerprint density at radius 2 is 2.00 bits per heavy atom. The molecule has 1 aromatic carbocycles. The summed E-state index contributed by atoms with van der Waals surface area (Å²) in [7, 11) is 0. The predicted molar refractivity (Wildman–Crippen MR) is 101 cm³/mol. The summed E-state index contributed by atoms with van der Waals surface area (Å²) in [6, 6.07) is 14.1. The summed E-state index contributed by atoms with van der Waals surface area (Å²) in [5.41, 5.74) is 1.01. The molecule has 1 unspecified atom stereocenters. The second-order valence-electron chi connectivity index (χ2n) is 5.85. The van der Waals surface area contributed by atoms with Crippen molar-refractivity contribution in [2.75, 3.05) is 6.54 Å². The topological polar surface area (TPSA) is 59.8 Å². The number of hydrogen-bond donors (Lipinski definition) is 1. The first-order valence-electron chi connectivity index (χ1n) is 8.32. The zero-order valence-corrected chi connectivity index (χ0v) is 15.2. The molecule has 1 N–H and O–H groups in total. The van der Waals surface area contributed by atoms with Gasteiger partial charge in [0.2, 0.25) is 5.91 Å². The smallest absolute Gasteiger partial charge is 0.233 e. The minimum atomic E-state index is -0.120. The van der Waals surface area contributed by atoms with E-state index in [1.54, 1.807) is 11.3 Å². The molecule has 1 saturated heterocycles. The number of nitrogens with one attached hydrogen (secondary N) is 1. The van der Waals surface area contributed by atoms with Gasteiger partial charge in [-0.25, -0.2) is 0 Å². The molecule has 2 aromatic heterocycles. The van der Waals surface area contributed by atoms with Gasteiger partial charge in [-0.3, -0.25) is 9.36 Å². The van der Waals surface area contributed by atoms with Crippen LogP contribution in [0.25, 0.3) is 16.4 Å². The molecule has 0 aliphatic carbocycles. The molecule has 25 heavy (non-hydrogen) atoms. The van der Waals surface area contributed by atoms with Gasteiger partial charge in [0, 0.05) is 12.2 Å². The fraction of sp³-hybridized carbons (Fsp3) is 0.278. The Hall–Kier alpha value is -2.12. The maximum Gasteiger partial charge on any atom is 0.233 e. The molecule has 1 aliphatic rings. The highest BCUT2D eigenvalue weighted by molar-refractivity contribution is 8.00. The Labute approximate surface area is 154 Å². The first-order valence-corrected chi connectivity index (χ1v) is 10.1. The third-order valence-corrected chi connectivity index (χ3v) is 6.20. The molecular weight excluding hydrogens is 352 g/mol. The average Bonchev–Trinajstić information content (AvgIpc) is 3.26. The van der Waals surface area contributed by atoms with E-state index < -0.39 is 0 Å². The van der Waals surface area contributed by atoms with Crippen LogP contribution in [0.2, 0.25) is 0 Å². The van der Waals surface area contributed by atoms with Gasteiger partial charge in [0.15, 0.2) is 11.0 Å². The number of thiophene rings is 1. The molecule has 1 fully saturated rings. The van der Waals surface area contributed by atoms with E-state index in [1.165, 1.54) is 11.8 Å². The standard InChI is InChI=1S/C18H18N4OS2/c23-17-15(9-4-5-11-19-17)25-18-21-20-16(14-10-6-12-24-14)22(18)13-7-2-1-3-8-13/h1-3,6-8,10,12,15H,4-5,9,11H2,(H,19,23). The van der Waals surface area contributed by atoms with Crippen molar-refractivity contribution in [1.82, 2.24) is 20.1 Å². The van der Waals surface area contributed by atoms with E-state index in [-0.39, 0.29) is 11.2 Å². The molecule has 3 heterocycles. The number of thioether (sulfide) groups is 1. The van der Waals surface area contributed by atoms with E-state index in [2.05, 4.69) is 20.1 Å². The number of carbonyl (C=O) groups excluding carboxylic acids is 1. The number of amides is 1. The summed E-state index contributed by atoms with van der Waals surface area (Å²) in [6.07, 6.45) is 2.95. The van der Waals surface area contributed by atoms with Gasteiger partial charge in [-0.05, 0) is 36.4 Å². The Kier molecular flexibility index (Phi) is 4.85. The zero-order valence-electron chi connectivity index (χ0n) is 13.6. The van der Waals surface area contributed by atoms with Crippen LogP contribution in [0, 0.1) is 0 Å². The van der Waals surface area contributed by atoms with E-state index in [4.69, 9.17) is 0 Å². The van der Waals surface area contributed by atoms with E-state index in [0.717, 1.165) is 47.4 Å². The number of benzene rings is 1. The monoisotopic (exact) mass is 370 g/mol. The molecule has 1 aliphatic heterocycles. The molecule has 0 spiro atoms. The molecule has 7 heteroatoms. The lowest BCUT2D eigenvalue weighted by molar-refractivity contribution is -0.120. The van der Waals surface area contributed by atoms with Gasteiger partial charge in [0.05, 0.1) is 10.1 Å². The normalized spacial score (nSPS) is 17.9. The highest BCUT2D eigenvalue weighted by Crippen LogP contribution is 2.33. The summed E-state index contributed by atoms with van der Waals surface area (Å²) in [6.45, 7) is 0.766. The van der Waals surface area contributed by atoms with Crippen molar-refractivity contribution < 1.29 is 4.79 Å². The third-order valence-electron chi connectivity index (χ3n) is 4.12. The summed E-state index contributed by atoms with van der Waals surface area (Å²) in [5, 5.41) is 14.5. The van der Waals surface area contributed by atoms with Crippen molar-refractivity contribution in [3.8, 4) is 16.4 Å². The number of rotatable bonds is 4. The highest BCUT2D eigenvalue weighted by atomic mass is 32.2. The van der Waals surface area contributed by atoms with Gasteiger partial charge in [-0.15, -0.1) is 21.5 Å². The maximum atomic E-state index is 12.3. The lowest BCUT2D eigenvalue weighted by Gasteiger charge is -2.14. The van der Waals surface area contributed by atoms with Gasteiger partial charge >= 0.3 is 0 Å². The van der Waals surface area contributed by atoms with E-state index in [9.17, 15) is 4.79 Å². The van der Waals surface area contributed by atoms with Crippen LogP contribution in [-0.2, 0) is 4.79 Å². The van der Waals surface area contributed by atoms with E-state index in [0.29, 0.717) is 0 Å². The molecule has 0 saturated carbocycles. The van der Waals surface area contributed by atoms with Gasteiger partial charge in [0.1, 0.15) is 0 Å². The van der Waals surface area contributed by atoms with Crippen LogP contribution in [0.3, 0.4) is 0 Å². The van der Waals surface area contributed by atoms with Gasteiger partial charge in [0.25, 0.3) is 0 Å². The fourth-order valence-corrected chi connectivity index (χ4v) is 4.69. The van der Waals surface area contributed by atoms with Crippen LogP contribution in [0.1, 0.15) is 19.3 Å². The van der Waals surface area contributed by atoms with Crippen molar-refractivity contribution >= 4 is 29.0 Å². The van der Waals surface area contributed by atoms with Crippen LogP contribution in [0.4, 0.5) is 0 Å². The van der Waals surface area contributed by atoms with Crippen LogP contribution in [-0.4, -0.2) is 32.5 Å². The van der Waals surface area contributed by atoms with Gasteiger partial charge < -0.3 is 5.32 Å². The number of aromatic nitrogens is 3. The second-order valence-corrected chi connectivity index (χ2v) is 7.97. The summed E-state index contributed by atoms with van der Waals surface area (Å²) in [4.78, 5) is 13.4. The Balaban J connectivity index is 1.74. The first kappa shape index (κ1) is 16.4. The minimum absolute atomic E-state index is 0.0998. The van der Waals surface area contributed by atoms with Crippen LogP contribution in [0.15, 0.2) is 53.0 Å². The maximum absolute atomic E-state index is 12.3. The lowest BCUT2D eigenvalue weighted by atomic mass is 10.2. The lowest BCUT2D eigenvalue weighted by Crippen LogP contribution is -2.30. The number of para-hydroxylation sites is 1. The van der Waals surface area contributed by atoms with Crippen molar-refractivity contribution in [2.24, 2.45) is 0 Å². The molecular formula is C18H18N4OS2. The quantitative estimate of drug-likeness (QED) is 0.760. The largest absolute Gasteiger partial charge is 0.355 e.